The van der Waals surface area contributed by atoms with Gasteiger partial charge >= 0.3 is 0 Å². The maximum atomic E-state index is 13.5. The second-order valence-corrected chi connectivity index (χ2v) is 5.02. The summed E-state index contributed by atoms with van der Waals surface area (Å²) in [5.74, 6) is -0.619. The molecule has 0 atom stereocenters. The van der Waals surface area contributed by atoms with E-state index in [9.17, 15) is 9.18 Å². The average molecular weight is 347 g/mol. The summed E-state index contributed by atoms with van der Waals surface area (Å²) in [4.78, 5) is 19.3. The van der Waals surface area contributed by atoms with Crippen molar-refractivity contribution in [2.75, 3.05) is 0 Å². The van der Waals surface area contributed by atoms with Crippen LogP contribution in [0.4, 0.5) is 4.39 Å². The Morgan fingerprint density at radius 2 is 2.14 bits per heavy atom. The van der Waals surface area contributed by atoms with Crippen molar-refractivity contribution < 1.29 is 4.39 Å². The molecule has 2 heterocycles. The van der Waals surface area contributed by atoms with Crippen LogP contribution in [0.25, 0.3) is 16.9 Å². The fourth-order valence-corrected chi connectivity index (χ4v) is 2.35. The number of H-pyrrole nitrogens is 1. The minimum atomic E-state index is -0.619. The van der Waals surface area contributed by atoms with Crippen molar-refractivity contribution in [1.29, 1.82) is 0 Å². The molecule has 3 rings (SSSR count). The van der Waals surface area contributed by atoms with Crippen LogP contribution in [0.1, 0.15) is 0 Å². The van der Waals surface area contributed by atoms with Gasteiger partial charge < -0.3 is 9.55 Å². The van der Waals surface area contributed by atoms with Gasteiger partial charge in [-0.1, -0.05) is 11.6 Å². The third kappa shape index (κ3) is 2.48. The highest BCUT2D eigenvalue weighted by Gasteiger charge is 2.12. The Morgan fingerprint density at radius 3 is 2.81 bits per heavy atom. The van der Waals surface area contributed by atoms with E-state index >= 15 is 0 Å². The molecule has 0 amide bonds. The highest BCUT2D eigenvalue weighted by atomic mass is 35.5. The minimum absolute atomic E-state index is 0. The number of aromatic amines is 1. The molecule has 0 aliphatic rings. The predicted molar refractivity (Wildman–Crippen MR) is 83.7 cm³/mol. The number of halogens is 3. The van der Waals surface area contributed by atoms with Gasteiger partial charge in [-0.25, -0.2) is 9.37 Å². The Balaban J connectivity index is 0.00000161. The highest BCUT2D eigenvalue weighted by Crippen LogP contribution is 2.18. The molecule has 9 heteroatoms. The number of fused-ring (bicyclic) bond motifs is 1. The zero-order chi connectivity index (χ0) is 14.4. The predicted octanol–water partition coefficient (Wildman–Crippen LogP) is 3.00. The molecule has 0 aliphatic heterocycles. The molecule has 21 heavy (non-hydrogen) atoms. The first kappa shape index (κ1) is 15.7. The Morgan fingerprint density at radius 1 is 1.43 bits per heavy atom. The van der Waals surface area contributed by atoms with Crippen LogP contribution < -0.4 is 5.56 Å². The maximum absolute atomic E-state index is 13.5. The number of hydrogen-bond donors (Lipinski definition) is 1. The third-order valence-corrected chi connectivity index (χ3v) is 3.52. The highest BCUT2D eigenvalue weighted by molar-refractivity contribution is 7.71. The van der Waals surface area contributed by atoms with Gasteiger partial charge in [0.1, 0.15) is 11.5 Å². The van der Waals surface area contributed by atoms with Crippen LogP contribution in [0, 0.1) is 10.6 Å². The van der Waals surface area contributed by atoms with E-state index in [1.807, 2.05) is 0 Å². The summed E-state index contributed by atoms with van der Waals surface area (Å²) in [5.41, 5.74) is 0.638. The first-order valence-electron chi connectivity index (χ1n) is 5.61. The number of rotatable bonds is 1. The summed E-state index contributed by atoms with van der Waals surface area (Å²) in [6.07, 6.45) is 1.50. The Kier molecular flexibility index (Phi) is 4.18. The maximum Gasteiger partial charge on any atom is 0.287 e. The summed E-state index contributed by atoms with van der Waals surface area (Å²) >= 11 is 10.8. The van der Waals surface area contributed by atoms with Crippen LogP contribution in [0.2, 0.25) is 5.02 Å². The van der Waals surface area contributed by atoms with Crippen molar-refractivity contribution in [2.24, 2.45) is 7.05 Å². The molecule has 5 nitrogen and oxygen atoms in total. The number of aromatic nitrogens is 4. The molecule has 0 spiro atoms. The summed E-state index contributed by atoms with van der Waals surface area (Å²) in [7, 11) is 1.74. The fraction of sp³-hybridized carbons (Fsp3) is 0.0833. The topological polar surface area (TPSA) is 55.6 Å². The first-order chi connectivity index (χ1) is 9.49. The monoisotopic (exact) mass is 346 g/mol. The van der Waals surface area contributed by atoms with Crippen molar-refractivity contribution in [3.05, 3.63) is 50.5 Å². The molecule has 1 N–H and O–H groups in total. The zero-order valence-corrected chi connectivity index (χ0v) is 13.0. The third-order valence-electron chi connectivity index (χ3n) is 2.93. The molecule has 0 bridgehead atoms. The molecule has 0 unspecified atom stereocenters. The van der Waals surface area contributed by atoms with E-state index in [1.165, 1.54) is 23.0 Å². The lowest BCUT2D eigenvalue weighted by molar-refractivity contribution is 0.626. The van der Waals surface area contributed by atoms with Crippen LogP contribution in [-0.4, -0.2) is 19.1 Å². The second kappa shape index (κ2) is 5.59. The van der Waals surface area contributed by atoms with Crippen LogP contribution in [-0.2, 0) is 7.05 Å². The number of imidazole rings is 1. The number of nitrogens with one attached hydrogen (secondary N) is 1. The summed E-state index contributed by atoms with van der Waals surface area (Å²) in [6.45, 7) is 0. The van der Waals surface area contributed by atoms with Gasteiger partial charge in [0.25, 0.3) is 5.56 Å². The largest absolute Gasteiger partial charge is 0.320 e. The van der Waals surface area contributed by atoms with Gasteiger partial charge in [0.2, 0.25) is 0 Å². The number of nitrogens with zero attached hydrogens (tertiary/aromatic N) is 3. The smallest absolute Gasteiger partial charge is 0.287 e. The van der Waals surface area contributed by atoms with E-state index in [-0.39, 0.29) is 27.7 Å². The van der Waals surface area contributed by atoms with Gasteiger partial charge in [-0.2, -0.15) is 0 Å². The molecule has 2 aromatic heterocycles. The number of benzene rings is 1. The molecule has 110 valence electrons. The molecule has 0 radical (unpaired) electrons. The Labute approximate surface area is 134 Å². The van der Waals surface area contributed by atoms with Gasteiger partial charge in [-0.15, -0.1) is 12.4 Å². The standard InChI is InChI=1S/C12H8ClFN4OS.ClH/c1-17-5-15-9-10(17)16-12(20)18(11(9)19)6-2-3-7(13)8(14)4-6;/h2-5H,1H3,(H,16,20);1H. The van der Waals surface area contributed by atoms with Gasteiger partial charge in [0.05, 0.1) is 17.0 Å². The lowest BCUT2D eigenvalue weighted by atomic mass is 10.3. The molecule has 3 aromatic rings. The number of hydrogen-bond acceptors (Lipinski definition) is 3. The second-order valence-electron chi connectivity index (χ2n) is 4.22. The van der Waals surface area contributed by atoms with Gasteiger partial charge in [0, 0.05) is 7.05 Å². The quantitative estimate of drug-likeness (QED) is 0.689. The van der Waals surface area contributed by atoms with Crippen LogP contribution in [0.15, 0.2) is 29.3 Å². The van der Waals surface area contributed by atoms with Gasteiger partial charge in [-0.3, -0.25) is 9.36 Å². The summed E-state index contributed by atoms with van der Waals surface area (Å²) < 4.78 is 16.5. The molecular formula is C12H9Cl2FN4OS. The number of aryl methyl sites for hydroxylation is 1. The fourth-order valence-electron chi connectivity index (χ4n) is 1.95. The first-order valence-corrected chi connectivity index (χ1v) is 6.39. The van der Waals surface area contributed by atoms with Crippen LogP contribution in [0.5, 0.6) is 0 Å². The Bertz CT molecular complexity index is 947. The minimum Gasteiger partial charge on any atom is -0.320 e. The van der Waals surface area contributed by atoms with Gasteiger partial charge in [0.15, 0.2) is 10.3 Å². The lowest BCUT2D eigenvalue weighted by Gasteiger charge is -2.07. The lowest BCUT2D eigenvalue weighted by Crippen LogP contribution is -2.21. The molecule has 0 saturated heterocycles. The van der Waals surface area contributed by atoms with Crippen molar-refractivity contribution in [1.82, 2.24) is 19.1 Å². The van der Waals surface area contributed by atoms with E-state index in [0.29, 0.717) is 11.3 Å². The van der Waals surface area contributed by atoms with E-state index < -0.39 is 11.4 Å². The van der Waals surface area contributed by atoms with E-state index in [4.69, 9.17) is 23.8 Å². The van der Waals surface area contributed by atoms with Crippen molar-refractivity contribution in [3.63, 3.8) is 0 Å². The molecule has 1 aromatic carbocycles. The molecule has 0 fully saturated rings. The van der Waals surface area contributed by atoms with Crippen molar-refractivity contribution >= 4 is 47.4 Å². The van der Waals surface area contributed by atoms with E-state index in [1.54, 1.807) is 11.6 Å². The summed E-state index contributed by atoms with van der Waals surface area (Å²) in [6, 6.07) is 4.05. The Hall–Kier alpha value is -1.70. The van der Waals surface area contributed by atoms with Gasteiger partial charge in [-0.05, 0) is 30.4 Å². The molecular weight excluding hydrogens is 338 g/mol. The van der Waals surface area contributed by atoms with Crippen LogP contribution >= 0.6 is 36.2 Å². The molecule has 0 saturated carbocycles. The SMILES string of the molecule is Cl.Cn1cnc2c(=O)n(-c3ccc(Cl)c(F)c3)c(=S)[nH]c21. The van der Waals surface area contributed by atoms with Crippen molar-refractivity contribution in [2.45, 2.75) is 0 Å². The average Bonchev–Trinajstić information content (AvgIpc) is 2.76. The van der Waals surface area contributed by atoms with E-state index in [0.717, 1.165) is 6.07 Å². The normalized spacial score (nSPS) is 10.6. The van der Waals surface area contributed by atoms with E-state index in [2.05, 4.69) is 9.97 Å². The summed E-state index contributed by atoms with van der Waals surface area (Å²) in [5, 5.41) is -0.0180. The van der Waals surface area contributed by atoms with Crippen LogP contribution in [0.3, 0.4) is 0 Å². The van der Waals surface area contributed by atoms with Crippen molar-refractivity contribution in [3.8, 4) is 5.69 Å². The zero-order valence-electron chi connectivity index (χ0n) is 10.6. The molecule has 0 aliphatic carbocycles.